The maximum atomic E-state index is 12.1. The summed E-state index contributed by atoms with van der Waals surface area (Å²) in [5, 5.41) is 3.59. The molecule has 0 bridgehead atoms. The van der Waals surface area contributed by atoms with E-state index in [9.17, 15) is 12.9 Å². The largest absolute Gasteiger partial charge is 0.512 e. The van der Waals surface area contributed by atoms with E-state index in [0.717, 1.165) is 12.4 Å². The third kappa shape index (κ3) is 1.81. The van der Waals surface area contributed by atoms with E-state index in [0.29, 0.717) is 0 Å². The molecule has 0 aromatic carbocycles. The minimum atomic E-state index is -4.90. The Bertz CT molecular complexity index is 266. The molecule has 0 aliphatic carbocycles. The van der Waals surface area contributed by atoms with Gasteiger partial charge in [0.1, 0.15) is 0 Å². The van der Waals surface area contributed by atoms with Gasteiger partial charge in [0.05, 0.1) is 0 Å². The van der Waals surface area contributed by atoms with Crippen molar-refractivity contribution in [3.05, 3.63) is 12.4 Å². The number of halogens is 3. The quantitative estimate of drug-likeness (QED) is 0.626. The summed E-state index contributed by atoms with van der Waals surface area (Å²) in [6.07, 6.45) is 1.89. The molecule has 1 heterocycles. The highest BCUT2D eigenvalue weighted by molar-refractivity contribution is 6.73. The Hall–Kier alpha value is -0.935. The summed E-state index contributed by atoms with van der Waals surface area (Å²) in [5.74, 6) is 0. The van der Waals surface area contributed by atoms with Gasteiger partial charge in [0.15, 0.2) is 0 Å². The lowest BCUT2D eigenvalue weighted by molar-refractivity contribution is 0.500. The summed E-state index contributed by atoms with van der Waals surface area (Å²) >= 11 is 0. The van der Waals surface area contributed by atoms with Crippen LogP contribution < -0.4 is 5.46 Å². The molecule has 0 unspecified atom stereocenters. The van der Waals surface area contributed by atoms with E-state index in [4.69, 9.17) is 0 Å². The minimum Gasteiger partial charge on any atom is -0.445 e. The Balaban J connectivity index is 2.92. The Kier molecular flexibility index (Phi) is 2.17. The molecule has 2 nitrogen and oxygen atoms in total. The second-order valence-electron chi connectivity index (χ2n) is 2.92. The molecule has 0 amide bonds. The smallest absolute Gasteiger partial charge is 0.445 e. The summed E-state index contributed by atoms with van der Waals surface area (Å²) in [6, 6.07) is -0.0306. The molecule has 12 heavy (non-hydrogen) atoms. The number of hydrogen-bond donors (Lipinski definition) is 0. The SMILES string of the molecule is CC(C)n1cc([B-](F)(F)F)cn1. The van der Waals surface area contributed by atoms with Crippen molar-refractivity contribution in [1.82, 2.24) is 9.78 Å². The molecule has 68 valence electrons. The maximum Gasteiger partial charge on any atom is 0.512 e. The van der Waals surface area contributed by atoms with Crippen LogP contribution >= 0.6 is 0 Å². The van der Waals surface area contributed by atoms with Gasteiger partial charge in [0.25, 0.3) is 0 Å². The lowest BCUT2D eigenvalue weighted by Gasteiger charge is -2.10. The first-order chi connectivity index (χ1) is 5.41. The van der Waals surface area contributed by atoms with Crippen molar-refractivity contribution in [2.24, 2.45) is 0 Å². The molecule has 1 aromatic heterocycles. The Morgan fingerprint density at radius 2 is 2.00 bits per heavy atom. The van der Waals surface area contributed by atoms with Crippen LogP contribution in [0.15, 0.2) is 12.4 Å². The van der Waals surface area contributed by atoms with Gasteiger partial charge in [-0.1, -0.05) is 5.46 Å². The fourth-order valence-corrected chi connectivity index (χ4v) is 0.804. The minimum absolute atomic E-state index is 0.0306. The first-order valence-electron chi connectivity index (χ1n) is 3.65. The Labute approximate surface area is 68.4 Å². The molecule has 1 rings (SSSR count). The Morgan fingerprint density at radius 3 is 2.25 bits per heavy atom. The van der Waals surface area contributed by atoms with Crippen LogP contribution in [0.1, 0.15) is 19.9 Å². The molecular formula is C6H9BF3N2-. The molecule has 6 heteroatoms. The van der Waals surface area contributed by atoms with Crippen LogP contribution in [0.4, 0.5) is 12.9 Å². The predicted octanol–water partition coefficient (Wildman–Crippen LogP) is 1.52. The molecule has 0 atom stereocenters. The number of nitrogens with zero attached hydrogens (tertiary/aromatic N) is 2. The van der Waals surface area contributed by atoms with Gasteiger partial charge in [-0.25, -0.2) is 0 Å². The standard InChI is InChI=1S/C6H9BF3N2/c1-5(2)12-4-6(3-11-12)7(8,9)10/h3-5H,1-2H3/q-1. The van der Waals surface area contributed by atoms with Crippen molar-refractivity contribution in [3.8, 4) is 0 Å². The zero-order valence-electron chi connectivity index (χ0n) is 6.84. The molecule has 0 radical (unpaired) electrons. The van der Waals surface area contributed by atoms with Crippen molar-refractivity contribution in [2.75, 3.05) is 0 Å². The van der Waals surface area contributed by atoms with Gasteiger partial charge in [-0.3, -0.25) is 4.68 Å². The maximum absolute atomic E-state index is 12.1. The van der Waals surface area contributed by atoms with Gasteiger partial charge in [0.2, 0.25) is 0 Å². The van der Waals surface area contributed by atoms with Gasteiger partial charge in [0, 0.05) is 12.2 Å². The van der Waals surface area contributed by atoms with E-state index in [-0.39, 0.29) is 6.04 Å². The molecule has 0 spiro atoms. The van der Waals surface area contributed by atoms with Crippen LogP contribution in [0.3, 0.4) is 0 Å². The highest BCUT2D eigenvalue weighted by Crippen LogP contribution is 2.09. The van der Waals surface area contributed by atoms with E-state index in [2.05, 4.69) is 5.10 Å². The number of rotatable bonds is 2. The second kappa shape index (κ2) is 2.84. The zero-order chi connectivity index (χ0) is 9.35. The van der Waals surface area contributed by atoms with Crippen molar-refractivity contribution in [2.45, 2.75) is 19.9 Å². The fraction of sp³-hybridized carbons (Fsp3) is 0.500. The highest BCUT2D eigenvalue weighted by atomic mass is 19.4. The van der Waals surface area contributed by atoms with Gasteiger partial charge >= 0.3 is 6.98 Å². The van der Waals surface area contributed by atoms with Gasteiger partial charge in [-0.15, -0.1) is 0 Å². The second-order valence-corrected chi connectivity index (χ2v) is 2.92. The topological polar surface area (TPSA) is 17.8 Å². The van der Waals surface area contributed by atoms with Crippen molar-refractivity contribution in [3.63, 3.8) is 0 Å². The fourth-order valence-electron chi connectivity index (χ4n) is 0.804. The van der Waals surface area contributed by atoms with Gasteiger partial charge in [-0.05, 0) is 20.0 Å². The van der Waals surface area contributed by atoms with Gasteiger partial charge in [-0.2, -0.15) is 5.10 Å². The monoisotopic (exact) mass is 177 g/mol. The summed E-state index contributed by atoms with van der Waals surface area (Å²) in [4.78, 5) is 0. The molecule has 0 N–H and O–H groups in total. The van der Waals surface area contributed by atoms with Crippen molar-refractivity contribution >= 4 is 12.4 Å². The lowest BCUT2D eigenvalue weighted by Crippen LogP contribution is -2.32. The number of hydrogen-bond acceptors (Lipinski definition) is 1. The van der Waals surface area contributed by atoms with E-state index < -0.39 is 12.4 Å². The van der Waals surface area contributed by atoms with Crippen LogP contribution in [0.25, 0.3) is 0 Å². The third-order valence-electron chi connectivity index (χ3n) is 1.53. The summed E-state index contributed by atoms with van der Waals surface area (Å²) in [6.45, 7) is -1.34. The first kappa shape index (κ1) is 9.16. The van der Waals surface area contributed by atoms with Crippen molar-refractivity contribution < 1.29 is 12.9 Å². The van der Waals surface area contributed by atoms with Crippen LogP contribution in [-0.2, 0) is 0 Å². The summed E-state index contributed by atoms with van der Waals surface area (Å²) in [5.41, 5.74) is -0.635. The molecular weight excluding hydrogens is 168 g/mol. The average Bonchev–Trinajstić information content (AvgIpc) is 2.30. The average molecular weight is 177 g/mol. The highest BCUT2D eigenvalue weighted by Gasteiger charge is 2.27. The molecule has 0 aliphatic heterocycles. The molecule has 1 aromatic rings. The molecule has 0 saturated carbocycles. The molecule has 0 saturated heterocycles. The number of aromatic nitrogens is 2. The lowest BCUT2D eigenvalue weighted by atomic mass is 9.83. The van der Waals surface area contributed by atoms with Crippen LogP contribution in [0.2, 0.25) is 0 Å². The van der Waals surface area contributed by atoms with Crippen molar-refractivity contribution in [1.29, 1.82) is 0 Å². The normalized spacial score (nSPS) is 12.5. The summed E-state index contributed by atoms with van der Waals surface area (Å²) < 4.78 is 37.5. The van der Waals surface area contributed by atoms with E-state index in [1.807, 2.05) is 0 Å². The van der Waals surface area contributed by atoms with Gasteiger partial charge < -0.3 is 12.9 Å². The summed E-state index contributed by atoms with van der Waals surface area (Å²) in [7, 11) is 0. The van der Waals surface area contributed by atoms with E-state index in [1.165, 1.54) is 4.68 Å². The first-order valence-corrected chi connectivity index (χ1v) is 3.65. The third-order valence-corrected chi connectivity index (χ3v) is 1.53. The predicted molar refractivity (Wildman–Crippen MR) is 41.3 cm³/mol. The van der Waals surface area contributed by atoms with Crippen LogP contribution in [-0.4, -0.2) is 16.8 Å². The Morgan fingerprint density at radius 1 is 1.42 bits per heavy atom. The van der Waals surface area contributed by atoms with Crippen LogP contribution in [0.5, 0.6) is 0 Å². The molecule has 0 aliphatic rings. The van der Waals surface area contributed by atoms with E-state index >= 15 is 0 Å². The zero-order valence-corrected chi connectivity index (χ0v) is 6.84. The molecule has 0 fully saturated rings. The van der Waals surface area contributed by atoms with E-state index in [1.54, 1.807) is 13.8 Å². The van der Waals surface area contributed by atoms with Crippen LogP contribution in [0, 0.1) is 0 Å².